The molecule has 2 heterocycles. The maximum absolute atomic E-state index is 5.42. The van der Waals surface area contributed by atoms with Crippen molar-refractivity contribution in [3.8, 4) is 0 Å². The minimum Gasteiger partial charge on any atom is -0.380 e. The van der Waals surface area contributed by atoms with Crippen molar-refractivity contribution < 1.29 is 4.74 Å². The van der Waals surface area contributed by atoms with Crippen LogP contribution in [0.3, 0.4) is 0 Å². The van der Waals surface area contributed by atoms with Gasteiger partial charge in [0.2, 0.25) is 0 Å². The maximum atomic E-state index is 5.42. The van der Waals surface area contributed by atoms with Crippen molar-refractivity contribution in [1.82, 2.24) is 0 Å². The summed E-state index contributed by atoms with van der Waals surface area (Å²) < 4.78 is 5.42. The van der Waals surface area contributed by atoms with Crippen LogP contribution < -0.4 is 0 Å². The van der Waals surface area contributed by atoms with E-state index >= 15 is 0 Å². The molecule has 1 fully saturated rings. The molecule has 12 heavy (non-hydrogen) atoms. The number of hydrogen-bond donors (Lipinski definition) is 0. The van der Waals surface area contributed by atoms with Crippen molar-refractivity contribution >= 4 is 16.8 Å². The molecule has 2 aliphatic rings. The summed E-state index contributed by atoms with van der Waals surface area (Å²) in [4.78, 5) is 4.71. The minimum atomic E-state index is 0.557. The average Bonchev–Trinajstić information content (AvgIpc) is 2.46. The van der Waals surface area contributed by atoms with Gasteiger partial charge in [0.25, 0.3) is 0 Å². The quantitative estimate of drug-likeness (QED) is 0.622. The zero-order valence-electron chi connectivity index (χ0n) is 7.62. The van der Waals surface area contributed by atoms with Gasteiger partial charge in [-0.15, -0.1) is 11.8 Å². The third-order valence-electron chi connectivity index (χ3n) is 2.33. The Kier molecular flexibility index (Phi) is 2.42. The van der Waals surface area contributed by atoms with Crippen LogP contribution in [0.1, 0.15) is 20.3 Å². The third-order valence-corrected chi connectivity index (χ3v) is 3.90. The van der Waals surface area contributed by atoms with Crippen LogP contribution in [0.15, 0.2) is 4.99 Å². The maximum Gasteiger partial charge on any atom is 0.0709 e. The zero-order chi connectivity index (χ0) is 8.55. The van der Waals surface area contributed by atoms with E-state index in [4.69, 9.17) is 9.73 Å². The molecule has 0 radical (unpaired) electrons. The molecule has 68 valence electrons. The van der Waals surface area contributed by atoms with Gasteiger partial charge < -0.3 is 4.74 Å². The summed E-state index contributed by atoms with van der Waals surface area (Å²) in [5, 5.41) is 1.95. The second-order valence-corrected chi connectivity index (χ2v) is 4.97. The molecule has 0 saturated carbocycles. The predicted molar refractivity (Wildman–Crippen MR) is 52.9 cm³/mol. The Morgan fingerprint density at radius 2 is 2.42 bits per heavy atom. The van der Waals surface area contributed by atoms with Gasteiger partial charge in [0.1, 0.15) is 0 Å². The van der Waals surface area contributed by atoms with Gasteiger partial charge in [0.05, 0.1) is 22.9 Å². The molecule has 2 rings (SSSR count). The highest BCUT2D eigenvalue weighted by atomic mass is 32.2. The molecule has 3 heteroatoms. The molecule has 0 aromatic heterocycles. The monoisotopic (exact) mass is 185 g/mol. The van der Waals surface area contributed by atoms with Gasteiger partial charge >= 0.3 is 0 Å². The third kappa shape index (κ3) is 1.52. The Labute approximate surface area is 77.8 Å². The van der Waals surface area contributed by atoms with E-state index in [1.54, 1.807) is 0 Å². The molecule has 1 saturated heterocycles. The molecular formula is C9H15NOS. The Morgan fingerprint density at radius 3 is 3.08 bits per heavy atom. The number of ether oxygens (including phenoxy) is 1. The van der Waals surface area contributed by atoms with Gasteiger partial charge in [-0.05, 0) is 6.42 Å². The Balaban J connectivity index is 2.04. The summed E-state index contributed by atoms with van der Waals surface area (Å²) in [6.45, 7) is 6.22. The lowest BCUT2D eigenvalue weighted by atomic mass is 10.1. The van der Waals surface area contributed by atoms with Gasteiger partial charge in [-0.3, -0.25) is 4.99 Å². The van der Waals surface area contributed by atoms with E-state index in [0.717, 1.165) is 19.6 Å². The summed E-state index contributed by atoms with van der Waals surface area (Å²) >= 11 is 1.93. The first kappa shape index (κ1) is 8.57. The highest BCUT2D eigenvalue weighted by Gasteiger charge is 2.33. The van der Waals surface area contributed by atoms with Crippen LogP contribution in [0.25, 0.3) is 0 Å². The summed E-state index contributed by atoms with van der Waals surface area (Å²) in [6, 6.07) is 0.557. The lowest BCUT2D eigenvalue weighted by Gasteiger charge is -2.22. The first-order chi connectivity index (χ1) is 5.77. The average molecular weight is 185 g/mol. The SMILES string of the molecule is CC(C)C1=NC2CCOCC2S1. The molecule has 0 aliphatic carbocycles. The van der Waals surface area contributed by atoms with E-state index in [9.17, 15) is 0 Å². The van der Waals surface area contributed by atoms with E-state index in [-0.39, 0.29) is 0 Å². The molecular weight excluding hydrogens is 170 g/mol. The number of hydrogen-bond acceptors (Lipinski definition) is 3. The van der Waals surface area contributed by atoms with E-state index in [0.29, 0.717) is 17.2 Å². The molecule has 2 unspecified atom stereocenters. The van der Waals surface area contributed by atoms with Crippen LogP contribution in [-0.4, -0.2) is 29.5 Å². The fraction of sp³-hybridized carbons (Fsp3) is 0.889. The lowest BCUT2D eigenvalue weighted by Crippen LogP contribution is -2.30. The van der Waals surface area contributed by atoms with E-state index in [1.165, 1.54) is 5.04 Å². The van der Waals surface area contributed by atoms with Crippen molar-refractivity contribution in [3.05, 3.63) is 0 Å². The van der Waals surface area contributed by atoms with Crippen LogP contribution >= 0.6 is 11.8 Å². The van der Waals surface area contributed by atoms with Crippen LogP contribution in [0.5, 0.6) is 0 Å². The predicted octanol–water partition coefficient (Wildman–Crippen LogP) is 1.95. The van der Waals surface area contributed by atoms with E-state index < -0.39 is 0 Å². The van der Waals surface area contributed by atoms with Crippen molar-refractivity contribution in [3.63, 3.8) is 0 Å². The molecule has 0 aromatic rings. The first-order valence-corrected chi connectivity index (χ1v) is 5.47. The highest BCUT2D eigenvalue weighted by Crippen LogP contribution is 2.34. The summed E-state index contributed by atoms with van der Waals surface area (Å²) in [5.41, 5.74) is 0. The summed E-state index contributed by atoms with van der Waals surface area (Å²) in [6.07, 6.45) is 1.12. The molecule has 2 atom stereocenters. The van der Waals surface area contributed by atoms with Crippen molar-refractivity contribution in [2.75, 3.05) is 13.2 Å². The normalized spacial score (nSPS) is 35.1. The minimum absolute atomic E-state index is 0.557. The fourth-order valence-corrected chi connectivity index (χ4v) is 2.89. The molecule has 0 bridgehead atoms. The summed E-state index contributed by atoms with van der Waals surface area (Å²) in [5.74, 6) is 0.598. The summed E-state index contributed by atoms with van der Waals surface area (Å²) in [7, 11) is 0. The van der Waals surface area contributed by atoms with Crippen LogP contribution in [0, 0.1) is 5.92 Å². The van der Waals surface area contributed by atoms with E-state index in [2.05, 4.69) is 13.8 Å². The first-order valence-electron chi connectivity index (χ1n) is 4.59. The highest BCUT2D eigenvalue weighted by molar-refractivity contribution is 8.14. The Hall–Kier alpha value is -0.0200. The molecule has 0 N–H and O–H groups in total. The van der Waals surface area contributed by atoms with Gasteiger partial charge in [-0.1, -0.05) is 13.8 Å². The topological polar surface area (TPSA) is 21.6 Å². The zero-order valence-corrected chi connectivity index (χ0v) is 8.43. The number of rotatable bonds is 1. The number of thioether (sulfide) groups is 1. The van der Waals surface area contributed by atoms with Crippen LogP contribution in [0.2, 0.25) is 0 Å². The van der Waals surface area contributed by atoms with E-state index in [1.807, 2.05) is 11.8 Å². The largest absolute Gasteiger partial charge is 0.380 e. The molecule has 2 nitrogen and oxygen atoms in total. The van der Waals surface area contributed by atoms with Crippen molar-refractivity contribution in [1.29, 1.82) is 0 Å². The van der Waals surface area contributed by atoms with Gasteiger partial charge in [-0.2, -0.15) is 0 Å². The van der Waals surface area contributed by atoms with Crippen molar-refractivity contribution in [2.24, 2.45) is 10.9 Å². The van der Waals surface area contributed by atoms with Gasteiger partial charge in [-0.25, -0.2) is 0 Å². The Morgan fingerprint density at radius 1 is 1.58 bits per heavy atom. The number of aliphatic imine (C=N–C) groups is 1. The molecule has 0 amide bonds. The second kappa shape index (κ2) is 3.38. The lowest BCUT2D eigenvalue weighted by molar-refractivity contribution is 0.0933. The Bertz CT molecular complexity index is 203. The van der Waals surface area contributed by atoms with Crippen LogP contribution in [0.4, 0.5) is 0 Å². The fourth-order valence-electron chi connectivity index (χ4n) is 1.59. The van der Waals surface area contributed by atoms with Gasteiger partial charge in [0.15, 0.2) is 0 Å². The van der Waals surface area contributed by atoms with Gasteiger partial charge in [0, 0.05) is 12.5 Å². The van der Waals surface area contributed by atoms with Crippen molar-refractivity contribution in [2.45, 2.75) is 31.6 Å². The standard InChI is InChI=1S/C9H15NOS/c1-6(2)9-10-7-3-4-11-5-8(7)12-9/h6-8H,3-5H2,1-2H3. The number of fused-ring (bicyclic) bond motifs is 1. The second-order valence-electron chi connectivity index (χ2n) is 3.71. The number of nitrogens with zero attached hydrogens (tertiary/aromatic N) is 1. The smallest absolute Gasteiger partial charge is 0.0709 e. The van der Waals surface area contributed by atoms with Crippen LogP contribution in [-0.2, 0) is 4.74 Å². The molecule has 0 aromatic carbocycles. The molecule has 0 spiro atoms. The molecule has 2 aliphatic heterocycles.